The van der Waals surface area contributed by atoms with Gasteiger partial charge in [-0.05, 0) is 133 Å². The van der Waals surface area contributed by atoms with Crippen LogP contribution in [-0.4, -0.2) is 171 Å². The highest BCUT2D eigenvalue weighted by atomic mass is 16.7. The van der Waals surface area contributed by atoms with Gasteiger partial charge >= 0.3 is 5.97 Å². The van der Waals surface area contributed by atoms with Crippen molar-refractivity contribution < 1.29 is 70.1 Å². The van der Waals surface area contributed by atoms with Crippen molar-refractivity contribution in [2.24, 2.45) is 91.5 Å². The molecular weight excluding hydrogens is 1010 g/mol. The van der Waals surface area contributed by atoms with Gasteiger partial charge in [0, 0.05) is 48.8 Å². The summed E-state index contributed by atoms with van der Waals surface area (Å²) in [5, 5.41) is 123. The molecule has 5 heterocycles. The number of aromatic nitrogens is 4. The first-order chi connectivity index (χ1) is 37.1. The molecule has 0 radical (unpaired) electrons. The predicted octanol–water partition coefficient (Wildman–Crippen LogP) is 1.50. The largest absolute Gasteiger partial charge is 0.481 e. The number of aromatic amines is 2. The van der Waals surface area contributed by atoms with E-state index in [-0.39, 0.29) is 49.7 Å². The van der Waals surface area contributed by atoms with Gasteiger partial charge in [-0.1, -0.05) is 52.2 Å². The van der Waals surface area contributed by atoms with Crippen molar-refractivity contribution in [2.75, 3.05) is 38.3 Å². The Hall–Kier alpha value is -3.58. The van der Waals surface area contributed by atoms with E-state index in [1.807, 2.05) is 6.92 Å². The van der Waals surface area contributed by atoms with E-state index in [4.69, 9.17) is 20.2 Å². The first-order valence-electron chi connectivity index (χ1n) is 29.0. The third-order valence-corrected chi connectivity index (χ3v) is 23.9. The van der Waals surface area contributed by atoms with Crippen LogP contribution in [0.2, 0.25) is 0 Å². The number of carboxylic acids is 1. The molecule has 0 bridgehead atoms. The van der Waals surface area contributed by atoms with Crippen LogP contribution in [0.15, 0.2) is 30.5 Å². The van der Waals surface area contributed by atoms with Crippen molar-refractivity contribution in [1.82, 2.24) is 25.3 Å². The monoisotopic (exact) mass is 1090 g/mol. The van der Waals surface area contributed by atoms with Gasteiger partial charge in [-0.2, -0.15) is 0 Å². The molecule has 1 amide bonds. The van der Waals surface area contributed by atoms with Crippen molar-refractivity contribution in [2.45, 2.75) is 172 Å². The quantitative estimate of drug-likeness (QED) is 0.0724. The van der Waals surface area contributed by atoms with E-state index in [9.17, 15) is 60.7 Å². The third-order valence-electron chi connectivity index (χ3n) is 23.9. The molecule has 2 aromatic rings. The molecule has 6 aliphatic carbocycles. The smallest absolute Gasteiger partial charge is 0.310 e. The lowest BCUT2D eigenvalue weighted by atomic mass is 9.27. The Labute approximate surface area is 455 Å². The number of amides is 1. The number of imidazole rings is 2. The molecule has 11 rings (SSSR count). The molecule has 16 N–H and O–H groups in total. The summed E-state index contributed by atoms with van der Waals surface area (Å²) in [5.41, 5.74) is 3.29. The number of carbonyl (C=O) groups excluding carboxylic acids is 1. The van der Waals surface area contributed by atoms with Gasteiger partial charge in [0.05, 0.1) is 67.8 Å². The van der Waals surface area contributed by atoms with Gasteiger partial charge in [-0.25, -0.2) is 9.97 Å². The van der Waals surface area contributed by atoms with Crippen LogP contribution in [0.1, 0.15) is 122 Å². The number of rotatable bonds is 14. The molecule has 24 unspecified atom stereocenters. The highest BCUT2D eigenvalue weighted by molar-refractivity contribution is 5.82. The van der Waals surface area contributed by atoms with Crippen LogP contribution in [0.5, 0.6) is 0 Å². The number of allylic oxidation sites excluding steroid dienone is 2. The van der Waals surface area contributed by atoms with Crippen LogP contribution in [-0.2, 0) is 25.5 Å². The van der Waals surface area contributed by atoms with Crippen molar-refractivity contribution in [3.8, 4) is 0 Å². The number of anilines is 1. The van der Waals surface area contributed by atoms with Gasteiger partial charge in [0.2, 0.25) is 5.91 Å². The van der Waals surface area contributed by atoms with E-state index in [0.717, 1.165) is 37.0 Å². The summed E-state index contributed by atoms with van der Waals surface area (Å²) in [6, 6.07) is -0.886. The number of aliphatic carboxylic acids is 1. The SMILES string of the molecule is CC1(CO)CCC2(C(=O)O)C(C1)C1=CCC3C4(C5CCCC5)C(CC5C(CO)C(=O)NC5C(c5cnc[nH]5)C(O)CC(N)O)C(O)C(OC5OCC(O)C(O)C5O)C(C)(CO)C4CCC3(C)C1(C)C1Cc3[nH]cnc3NCC12. The van der Waals surface area contributed by atoms with E-state index >= 15 is 0 Å². The summed E-state index contributed by atoms with van der Waals surface area (Å²) >= 11 is 0. The second-order valence-electron chi connectivity index (χ2n) is 26.9. The van der Waals surface area contributed by atoms with Crippen LogP contribution in [0.25, 0.3) is 0 Å². The normalized spacial score (nSPS) is 47.3. The Bertz CT molecular complexity index is 2550. The fraction of sp³-hybridized carbons (Fsp3) is 0.825. The zero-order valence-electron chi connectivity index (χ0n) is 45.6. The van der Waals surface area contributed by atoms with Gasteiger partial charge in [-0.15, -0.1) is 0 Å². The minimum atomic E-state index is -1.72. The lowest BCUT2D eigenvalue weighted by Gasteiger charge is -2.77. The Morgan fingerprint density at radius 1 is 0.936 bits per heavy atom. The predicted molar refractivity (Wildman–Crippen MR) is 280 cm³/mol. The molecule has 434 valence electrons. The zero-order chi connectivity index (χ0) is 55.6. The highest BCUT2D eigenvalue weighted by Crippen LogP contribution is 2.81. The second kappa shape index (κ2) is 20.4. The highest BCUT2D eigenvalue weighted by Gasteiger charge is 2.79. The zero-order valence-corrected chi connectivity index (χ0v) is 45.6. The lowest BCUT2D eigenvalue weighted by Crippen LogP contribution is -2.76. The van der Waals surface area contributed by atoms with E-state index in [1.54, 1.807) is 12.5 Å². The van der Waals surface area contributed by atoms with Crippen molar-refractivity contribution in [3.63, 3.8) is 0 Å². The van der Waals surface area contributed by atoms with Crippen LogP contribution < -0.4 is 16.4 Å². The molecular formula is C57H87N7O14. The first-order valence-corrected chi connectivity index (χ1v) is 29.0. The number of fused-ring (bicyclic) bond motifs is 11. The first kappa shape index (κ1) is 56.3. The second-order valence-corrected chi connectivity index (χ2v) is 26.9. The standard InChI is InChI=1S/C57H87N7O14/c1-52(23-66)13-14-56(51(75)76)33(18-52)30-9-10-40-54(3,55(30,4)31-16-35-48(63-26-62-35)60-19-34(31)56)12-11-39-53(2,24-67)47(78-50-46(73)45(72)38(69)22-77-50)44(71)32(57(39,40)27-7-5-6-8-27)15-28-29(21-65)49(74)64-43(28)42(36-20-59-25-61-36)37(68)17-41(58)70/h9,20,25-29,31-34,37-47,50,60,65-73H,5-8,10-19,21-24,58H2,1-4H3,(H,59,61)(H,62,63)(H,64,74)(H,75,76). The molecule has 24 atom stereocenters. The lowest BCUT2D eigenvalue weighted by molar-refractivity contribution is -0.350. The number of aliphatic hydroxyl groups is 9. The number of ether oxygens (including phenoxy) is 2. The van der Waals surface area contributed by atoms with Gasteiger partial charge in [0.1, 0.15) is 30.4 Å². The number of nitrogens with zero attached hydrogens (tertiary/aromatic N) is 2. The fourth-order valence-corrected chi connectivity index (χ4v) is 20.1. The van der Waals surface area contributed by atoms with Crippen LogP contribution in [0.4, 0.5) is 5.82 Å². The molecule has 21 nitrogen and oxygen atoms in total. The van der Waals surface area contributed by atoms with E-state index in [2.05, 4.69) is 52.4 Å². The average Bonchev–Trinajstić information content (AvgIpc) is 1.45. The molecule has 0 aromatic carbocycles. The Morgan fingerprint density at radius 3 is 2.36 bits per heavy atom. The maximum Gasteiger partial charge on any atom is 0.310 e. The number of nitrogens with two attached hydrogens (primary N) is 1. The van der Waals surface area contributed by atoms with E-state index in [1.165, 1.54) is 6.33 Å². The number of H-pyrrole nitrogens is 2. The van der Waals surface area contributed by atoms with E-state index < -0.39 is 148 Å². The molecule has 2 aromatic heterocycles. The Balaban J connectivity index is 1.14. The molecule has 9 aliphatic rings. The van der Waals surface area contributed by atoms with Gasteiger partial charge in [0.25, 0.3) is 0 Å². The number of hydrogen-bond acceptors (Lipinski definition) is 17. The Kier molecular flexibility index (Phi) is 14.7. The third kappa shape index (κ3) is 8.03. The molecule has 3 aliphatic heterocycles. The molecule has 5 saturated carbocycles. The fourth-order valence-electron chi connectivity index (χ4n) is 20.1. The minimum Gasteiger partial charge on any atom is -0.481 e. The number of aliphatic hydroxyl groups excluding tert-OH is 9. The molecule has 78 heavy (non-hydrogen) atoms. The number of carbonyl (C=O) groups is 2. The van der Waals surface area contributed by atoms with Gasteiger partial charge in [0.15, 0.2) is 6.29 Å². The minimum absolute atomic E-state index is 0.0528. The summed E-state index contributed by atoms with van der Waals surface area (Å²) in [5.74, 6) is -5.77. The Morgan fingerprint density at radius 2 is 1.69 bits per heavy atom. The summed E-state index contributed by atoms with van der Waals surface area (Å²) in [7, 11) is 0. The number of carboxylic acid groups (broad SMARTS) is 1. The number of nitrogens with one attached hydrogen (secondary N) is 4. The summed E-state index contributed by atoms with van der Waals surface area (Å²) in [6.45, 7) is 7.70. The van der Waals surface area contributed by atoms with E-state index in [0.29, 0.717) is 63.0 Å². The van der Waals surface area contributed by atoms with Gasteiger partial charge in [-0.3, -0.25) is 9.59 Å². The summed E-state index contributed by atoms with van der Waals surface area (Å²) in [6.07, 6.45) is 2.27. The van der Waals surface area contributed by atoms with Gasteiger partial charge < -0.3 is 86.9 Å². The van der Waals surface area contributed by atoms with Crippen molar-refractivity contribution >= 4 is 17.7 Å². The molecule has 0 spiro atoms. The summed E-state index contributed by atoms with van der Waals surface area (Å²) < 4.78 is 12.8. The van der Waals surface area contributed by atoms with Crippen LogP contribution in [0, 0.1) is 85.8 Å². The molecule has 7 fully saturated rings. The summed E-state index contributed by atoms with van der Waals surface area (Å²) in [4.78, 5) is 44.5. The average molecular weight is 1090 g/mol. The van der Waals surface area contributed by atoms with Crippen LogP contribution >= 0.6 is 0 Å². The maximum absolute atomic E-state index is 14.5. The number of hydrogen-bond donors (Lipinski definition) is 15. The van der Waals surface area contributed by atoms with Crippen molar-refractivity contribution in [3.05, 3.63) is 41.9 Å². The van der Waals surface area contributed by atoms with Crippen molar-refractivity contribution in [1.29, 1.82) is 0 Å². The maximum atomic E-state index is 14.5. The molecule has 21 heteroatoms. The topological polar surface area (TPSA) is 362 Å². The van der Waals surface area contributed by atoms with Crippen LogP contribution in [0.3, 0.4) is 0 Å². The molecule has 2 saturated heterocycles.